The van der Waals surface area contributed by atoms with Gasteiger partial charge in [-0.15, -0.1) is 0 Å². The number of nitrogens with one attached hydrogen (secondary N) is 1. The van der Waals surface area contributed by atoms with Crippen LogP contribution in [-0.2, 0) is 4.74 Å². The molecule has 94 valence electrons. The Kier molecular flexibility index (Phi) is 4.20. The average Bonchev–Trinajstić information content (AvgIpc) is 2.76. The van der Waals surface area contributed by atoms with Gasteiger partial charge in [0.1, 0.15) is 5.82 Å². The highest BCUT2D eigenvalue weighted by Crippen LogP contribution is 2.20. The molecule has 0 amide bonds. The van der Waals surface area contributed by atoms with E-state index in [2.05, 4.69) is 5.32 Å². The van der Waals surface area contributed by atoms with Crippen molar-refractivity contribution in [1.29, 1.82) is 0 Å². The van der Waals surface area contributed by atoms with Gasteiger partial charge in [0.15, 0.2) is 0 Å². The average molecular weight is 238 g/mol. The SMILES string of the molecule is Nc1cc(F)cc(NCCOC2CCCC2)c1. The summed E-state index contributed by atoms with van der Waals surface area (Å²) in [5.74, 6) is -0.316. The second-order valence-electron chi connectivity index (χ2n) is 4.48. The minimum atomic E-state index is -0.316. The van der Waals surface area contributed by atoms with Gasteiger partial charge in [0.05, 0.1) is 12.7 Å². The molecule has 1 aliphatic rings. The van der Waals surface area contributed by atoms with Crippen molar-refractivity contribution < 1.29 is 9.13 Å². The number of hydrogen-bond acceptors (Lipinski definition) is 3. The molecule has 0 heterocycles. The van der Waals surface area contributed by atoms with E-state index in [1.54, 1.807) is 6.07 Å². The Morgan fingerprint density at radius 3 is 2.76 bits per heavy atom. The topological polar surface area (TPSA) is 47.3 Å². The zero-order valence-electron chi connectivity index (χ0n) is 9.92. The van der Waals surface area contributed by atoms with Crippen molar-refractivity contribution >= 4 is 11.4 Å². The fourth-order valence-electron chi connectivity index (χ4n) is 2.19. The third-order valence-corrected chi connectivity index (χ3v) is 3.01. The van der Waals surface area contributed by atoms with Gasteiger partial charge in [-0.2, -0.15) is 0 Å². The third kappa shape index (κ3) is 3.89. The molecule has 0 atom stereocenters. The van der Waals surface area contributed by atoms with Gasteiger partial charge in [0.25, 0.3) is 0 Å². The van der Waals surface area contributed by atoms with Crippen molar-refractivity contribution in [3.05, 3.63) is 24.0 Å². The summed E-state index contributed by atoms with van der Waals surface area (Å²) in [6.07, 6.45) is 5.33. The van der Waals surface area contributed by atoms with Crippen LogP contribution in [0.3, 0.4) is 0 Å². The zero-order chi connectivity index (χ0) is 12.1. The second kappa shape index (κ2) is 5.87. The molecule has 1 aromatic rings. The number of halogens is 1. The van der Waals surface area contributed by atoms with Gasteiger partial charge in [-0.25, -0.2) is 4.39 Å². The molecule has 0 spiro atoms. The summed E-state index contributed by atoms with van der Waals surface area (Å²) < 4.78 is 18.7. The lowest BCUT2D eigenvalue weighted by Crippen LogP contribution is -2.15. The number of benzene rings is 1. The van der Waals surface area contributed by atoms with E-state index in [1.807, 2.05) is 0 Å². The van der Waals surface area contributed by atoms with E-state index < -0.39 is 0 Å². The summed E-state index contributed by atoms with van der Waals surface area (Å²) in [6.45, 7) is 1.33. The fourth-order valence-corrected chi connectivity index (χ4v) is 2.19. The Balaban J connectivity index is 1.70. The van der Waals surface area contributed by atoms with Crippen LogP contribution in [-0.4, -0.2) is 19.3 Å². The van der Waals surface area contributed by atoms with E-state index in [9.17, 15) is 4.39 Å². The first kappa shape index (κ1) is 12.2. The predicted octanol–water partition coefficient (Wildman–Crippen LogP) is 2.78. The molecule has 1 fully saturated rings. The van der Waals surface area contributed by atoms with Gasteiger partial charge in [0.2, 0.25) is 0 Å². The maximum absolute atomic E-state index is 13.0. The van der Waals surface area contributed by atoms with Crippen LogP contribution in [0.25, 0.3) is 0 Å². The third-order valence-electron chi connectivity index (χ3n) is 3.01. The summed E-state index contributed by atoms with van der Waals surface area (Å²) in [6, 6.07) is 4.46. The summed E-state index contributed by atoms with van der Waals surface area (Å²) in [7, 11) is 0. The minimum absolute atomic E-state index is 0.316. The lowest BCUT2D eigenvalue weighted by Gasteiger charge is -2.12. The molecule has 0 aliphatic heterocycles. The molecule has 1 aromatic carbocycles. The van der Waals surface area contributed by atoms with Crippen LogP contribution >= 0.6 is 0 Å². The normalized spacial score (nSPS) is 16.3. The smallest absolute Gasteiger partial charge is 0.127 e. The Hall–Kier alpha value is -1.29. The van der Waals surface area contributed by atoms with E-state index in [1.165, 1.54) is 37.8 Å². The van der Waals surface area contributed by atoms with E-state index in [4.69, 9.17) is 10.5 Å². The van der Waals surface area contributed by atoms with Crippen molar-refractivity contribution in [2.24, 2.45) is 0 Å². The van der Waals surface area contributed by atoms with E-state index >= 15 is 0 Å². The molecule has 2 rings (SSSR count). The first-order valence-corrected chi connectivity index (χ1v) is 6.15. The molecule has 17 heavy (non-hydrogen) atoms. The predicted molar refractivity (Wildman–Crippen MR) is 67.5 cm³/mol. The van der Waals surface area contributed by atoms with Crippen molar-refractivity contribution in [2.45, 2.75) is 31.8 Å². The fraction of sp³-hybridized carbons (Fsp3) is 0.538. The van der Waals surface area contributed by atoms with E-state index in [0.29, 0.717) is 30.6 Å². The van der Waals surface area contributed by atoms with Crippen molar-refractivity contribution in [3.63, 3.8) is 0 Å². The molecular formula is C13H19FN2O. The van der Waals surface area contributed by atoms with Crippen LogP contribution in [0.1, 0.15) is 25.7 Å². The quantitative estimate of drug-likeness (QED) is 0.612. The Labute approximate surface area is 101 Å². The minimum Gasteiger partial charge on any atom is -0.399 e. The summed E-state index contributed by atoms with van der Waals surface area (Å²) in [5.41, 5.74) is 6.69. The van der Waals surface area contributed by atoms with E-state index in [0.717, 1.165) is 0 Å². The molecule has 0 radical (unpaired) electrons. The summed E-state index contributed by atoms with van der Waals surface area (Å²) in [5, 5.41) is 3.11. The number of nitrogen functional groups attached to an aromatic ring is 1. The zero-order valence-corrected chi connectivity index (χ0v) is 9.92. The Morgan fingerprint density at radius 1 is 1.29 bits per heavy atom. The van der Waals surface area contributed by atoms with Crippen molar-refractivity contribution in [2.75, 3.05) is 24.2 Å². The standard InChI is InChI=1S/C13H19FN2O/c14-10-7-11(15)9-12(8-10)16-5-6-17-13-3-1-2-4-13/h7-9,13,16H,1-6,15H2. The molecule has 0 unspecified atom stereocenters. The van der Waals surface area contributed by atoms with Gasteiger partial charge >= 0.3 is 0 Å². The maximum atomic E-state index is 13.0. The number of hydrogen-bond donors (Lipinski definition) is 2. The number of ether oxygens (including phenoxy) is 1. The van der Waals surface area contributed by atoms with Crippen LogP contribution in [0.4, 0.5) is 15.8 Å². The van der Waals surface area contributed by atoms with E-state index in [-0.39, 0.29) is 5.82 Å². The number of anilines is 2. The lowest BCUT2D eigenvalue weighted by molar-refractivity contribution is 0.0659. The molecule has 3 nitrogen and oxygen atoms in total. The van der Waals surface area contributed by atoms with Gasteiger partial charge in [-0.05, 0) is 31.0 Å². The van der Waals surface area contributed by atoms with Crippen LogP contribution in [0.5, 0.6) is 0 Å². The monoisotopic (exact) mass is 238 g/mol. The van der Waals surface area contributed by atoms with Crippen molar-refractivity contribution in [1.82, 2.24) is 0 Å². The molecule has 3 N–H and O–H groups in total. The van der Waals surface area contributed by atoms with Gasteiger partial charge < -0.3 is 15.8 Å². The highest BCUT2D eigenvalue weighted by Gasteiger charge is 2.14. The molecule has 0 aromatic heterocycles. The van der Waals surface area contributed by atoms with Gasteiger partial charge in [-0.3, -0.25) is 0 Å². The second-order valence-corrected chi connectivity index (χ2v) is 4.48. The molecule has 0 bridgehead atoms. The van der Waals surface area contributed by atoms with Crippen LogP contribution < -0.4 is 11.1 Å². The first-order chi connectivity index (χ1) is 8.24. The highest BCUT2D eigenvalue weighted by molar-refractivity contribution is 5.54. The number of rotatable bonds is 5. The van der Waals surface area contributed by atoms with Gasteiger partial charge in [0, 0.05) is 17.9 Å². The Morgan fingerprint density at radius 2 is 2.06 bits per heavy atom. The Bertz CT molecular complexity index is 344. The molecule has 1 saturated carbocycles. The highest BCUT2D eigenvalue weighted by atomic mass is 19.1. The molecule has 4 heteroatoms. The van der Waals surface area contributed by atoms with Crippen molar-refractivity contribution in [3.8, 4) is 0 Å². The van der Waals surface area contributed by atoms with Gasteiger partial charge in [-0.1, -0.05) is 12.8 Å². The van der Waals surface area contributed by atoms with Crippen LogP contribution in [0.15, 0.2) is 18.2 Å². The largest absolute Gasteiger partial charge is 0.399 e. The molecular weight excluding hydrogens is 219 g/mol. The lowest BCUT2D eigenvalue weighted by atomic mass is 10.2. The summed E-state index contributed by atoms with van der Waals surface area (Å²) >= 11 is 0. The first-order valence-electron chi connectivity index (χ1n) is 6.15. The molecule has 1 aliphatic carbocycles. The van der Waals surface area contributed by atoms with Crippen LogP contribution in [0, 0.1) is 5.82 Å². The number of nitrogens with two attached hydrogens (primary N) is 1. The van der Waals surface area contributed by atoms with Crippen LogP contribution in [0.2, 0.25) is 0 Å². The maximum Gasteiger partial charge on any atom is 0.127 e. The summed E-state index contributed by atoms with van der Waals surface area (Å²) in [4.78, 5) is 0. The molecule has 0 saturated heterocycles.